The van der Waals surface area contributed by atoms with Gasteiger partial charge in [-0.1, -0.05) is 53.2 Å². The molecule has 3 aromatic rings. The third-order valence-electron chi connectivity index (χ3n) is 5.32. The average molecular weight is 411 g/mol. The lowest BCUT2D eigenvalue weighted by atomic mass is 9.97. The molecule has 1 fully saturated rings. The van der Waals surface area contributed by atoms with Gasteiger partial charge in [0.05, 0.1) is 6.54 Å². The molecule has 0 saturated carbocycles. The van der Waals surface area contributed by atoms with Gasteiger partial charge in [0.25, 0.3) is 0 Å². The molecule has 1 saturated heterocycles. The third kappa shape index (κ3) is 4.66. The average Bonchev–Trinajstić information content (AvgIpc) is 3.23. The van der Waals surface area contributed by atoms with Crippen LogP contribution >= 0.6 is 11.6 Å². The van der Waals surface area contributed by atoms with Crippen LogP contribution in [-0.2, 0) is 4.79 Å². The molecule has 29 heavy (non-hydrogen) atoms. The minimum Gasteiger partial charge on any atom is -0.339 e. The molecular formula is C22H23ClN4O2. The van der Waals surface area contributed by atoms with Gasteiger partial charge in [-0.25, -0.2) is 0 Å². The molecule has 150 valence electrons. The summed E-state index contributed by atoms with van der Waals surface area (Å²) in [6.07, 6.45) is 1.78. The lowest BCUT2D eigenvalue weighted by molar-refractivity contribution is -0.117. The molecule has 0 bridgehead atoms. The fourth-order valence-electron chi connectivity index (χ4n) is 3.58. The highest BCUT2D eigenvalue weighted by atomic mass is 35.5. The van der Waals surface area contributed by atoms with E-state index in [-0.39, 0.29) is 11.8 Å². The number of hydrogen-bond donors (Lipinski definition) is 1. The number of benzene rings is 2. The van der Waals surface area contributed by atoms with E-state index in [1.807, 2.05) is 55.5 Å². The zero-order valence-corrected chi connectivity index (χ0v) is 17.0. The molecule has 1 aliphatic rings. The van der Waals surface area contributed by atoms with Crippen molar-refractivity contribution in [3.63, 3.8) is 0 Å². The molecule has 1 N–H and O–H groups in total. The minimum atomic E-state index is -0.0297. The van der Waals surface area contributed by atoms with Gasteiger partial charge in [0.1, 0.15) is 0 Å². The first-order valence-electron chi connectivity index (χ1n) is 9.76. The van der Waals surface area contributed by atoms with Crippen LogP contribution in [-0.4, -0.2) is 40.6 Å². The number of likely N-dealkylation sites (tertiary alicyclic amines) is 1. The molecule has 2 heterocycles. The lowest BCUT2D eigenvalue weighted by Crippen LogP contribution is -2.38. The molecule has 2 aromatic carbocycles. The van der Waals surface area contributed by atoms with Gasteiger partial charge in [-0.3, -0.25) is 9.69 Å². The molecule has 7 heteroatoms. The Bertz CT molecular complexity index is 981. The summed E-state index contributed by atoms with van der Waals surface area (Å²) in [4.78, 5) is 19.1. The molecule has 0 atom stereocenters. The van der Waals surface area contributed by atoms with Gasteiger partial charge < -0.3 is 9.84 Å². The van der Waals surface area contributed by atoms with Crippen molar-refractivity contribution in [1.82, 2.24) is 15.0 Å². The van der Waals surface area contributed by atoms with Crippen molar-refractivity contribution >= 4 is 23.2 Å². The van der Waals surface area contributed by atoms with Gasteiger partial charge in [-0.15, -0.1) is 0 Å². The lowest BCUT2D eigenvalue weighted by Gasteiger charge is -2.29. The largest absolute Gasteiger partial charge is 0.339 e. The Morgan fingerprint density at radius 2 is 1.93 bits per heavy atom. The highest BCUT2D eigenvalue weighted by Gasteiger charge is 2.26. The maximum atomic E-state index is 12.4. The summed E-state index contributed by atoms with van der Waals surface area (Å²) in [7, 11) is 0. The molecule has 1 amide bonds. The minimum absolute atomic E-state index is 0.0297. The first-order valence-corrected chi connectivity index (χ1v) is 10.1. The van der Waals surface area contributed by atoms with E-state index in [1.165, 1.54) is 0 Å². The number of amides is 1. The van der Waals surface area contributed by atoms with Crippen LogP contribution in [0.15, 0.2) is 53.1 Å². The fraction of sp³-hybridized carbons (Fsp3) is 0.318. The Kier molecular flexibility index (Phi) is 5.92. The normalized spacial score (nSPS) is 15.4. The van der Waals surface area contributed by atoms with Crippen LogP contribution in [0.4, 0.5) is 5.69 Å². The zero-order valence-electron chi connectivity index (χ0n) is 16.3. The van der Waals surface area contributed by atoms with Crippen LogP contribution in [0.5, 0.6) is 0 Å². The van der Waals surface area contributed by atoms with Crippen molar-refractivity contribution in [3.05, 3.63) is 65.0 Å². The molecule has 0 aliphatic carbocycles. The number of nitrogens with one attached hydrogen (secondary N) is 1. The van der Waals surface area contributed by atoms with Gasteiger partial charge in [-0.2, -0.15) is 4.98 Å². The molecule has 6 nitrogen and oxygen atoms in total. The maximum Gasteiger partial charge on any atom is 0.238 e. The van der Waals surface area contributed by atoms with Gasteiger partial charge in [0, 0.05) is 22.2 Å². The summed E-state index contributed by atoms with van der Waals surface area (Å²) in [5.41, 5.74) is 2.59. The van der Waals surface area contributed by atoms with E-state index in [0.29, 0.717) is 23.3 Å². The van der Waals surface area contributed by atoms with E-state index in [1.54, 1.807) is 0 Å². The Hall–Kier alpha value is -2.70. The van der Waals surface area contributed by atoms with Crippen molar-refractivity contribution in [1.29, 1.82) is 0 Å². The van der Waals surface area contributed by atoms with Gasteiger partial charge in [0.2, 0.25) is 17.6 Å². The van der Waals surface area contributed by atoms with Crippen molar-refractivity contribution in [2.24, 2.45) is 0 Å². The highest BCUT2D eigenvalue weighted by molar-refractivity contribution is 6.31. The van der Waals surface area contributed by atoms with E-state index in [2.05, 4.69) is 20.4 Å². The number of carbonyl (C=O) groups is 1. The summed E-state index contributed by atoms with van der Waals surface area (Å²) in [6, 6.07) is 15.3. The summed E-state index contributed by atoms with van der Waals surface area (Å²) < 4.78 is 5.51. The molecule has 1 aromatic heterocycles. The number of piperidine rings is 1. The molecule has 0 unspecified atom stereocenters. The van der Waals surface area contributed by atoms with Crippen molar-refractivity contribution in [2.75, 3.05) is 25.0 Å². The van der Waals surface area contributed by atoms with Crippen LogP contribution in [0.1, 0.15) is 30.2 Å². The second kappa shape index (κ2) is 8.76. The Morgan fingerprint density at radius 1 is 1.17 bits per heavy atom. The van der Waals surface area contributed by atoms with Crippen molar-refractivity contribution in [2.45, 2.75) is 25.7 Å². The third-order valence-corrected chi connectivity index (χ3v) is 5.73. The quantitative estimate of drug-likeness (QED) is 0.669. The van der Waals surface area contributed by atoms with Crippen LogP contribution < -0.4 is 5.32 Å². The standard InChI is InChI=1S/C22H23ClN4O2/c1-15-18(23)8-5-9-19(15)24-20(28)14-27-12-10-17(11-13-27)22-25-21(26-29-22)16-6-3-2-4-7-16/h2-9,17H,10-14H2,1H3,(H,24,28). The van der Waals surface area contributed by atoms with Gasteiger partial charge in [-0.05, 0) is 50.6 Å². The number of anilines is 1. The zero-order chi connectivity index (χ0) is 20.2. The van der Waals surface area contributed by atoms with Crippen LogP contribution in [0.2, 0.25) is 5.02 Å². The summed E-state index contributed by atoms with van der Waals surface area (Å²) in [6.45, 7) is 3.89. The Morgan fingerprint density at radius 3 is 2.69 bits per heavy atom. The smallest absolute Gasteiger partial charge is 0.238 e. The number of nitrogens with zero attached hydrogens (tertiary/aromatic N) is 3. The van der Waals surface area contributed by atoms with E-state index < -0.39 is 0 Å². The van der Waals surface area contributed by atoms with Crippen molar-refractivity contribution in [3.8, 4) is 11.4 Å². The monoisotopic (exact) mass is 410 g/mol. The number of aromatic nitrogens is 2. The molecule has 1 aliphatic heterocycles. The van der Waals surface area contributed by atoms with E-state index >= 15 is 0 Å². The number of halogens is 1. The number of hydrogen-bond acceptors (Lipinski definition) is 5. The highest BCUT2D eigenvalue weighted by Crippen LogP contribution is 2.28. The predicted molar refractivity (Wildman–Crippen MR) is 113 cm³/mol. The van der Waals surface area contributed by atoms with Gasteiger partial charge in [0.15, 0.2) is 0 Å². The summed E-state index contributed by atoms with van der Waals surface area (Å²) >= 11 is 6.12. The van der Waals surface area contributed by atoms with Crippen LogP contribution in [0.25, 0.3) is 11.4 Å². The Labute approximate surface area is 174 Å². The number of rotatable bonds is 5. The second-order valence-corrected chi connectivity index (χ2v) is 7.74. The maximum absolute atomic E-state index is 12.4. The Balaban J connectivity index is 1.30. The predicted octanol–water partition coefficient (Wildman–Crippen LogP) is 4.52. The van der Waals surface area contributed by atoms with Crippen molar-refractivity contribution < 1.29 is 9.32 Å². The van der Waals surface area contributed by atoms with Crippen LogP contribution in [0.3, 0.4) is 0 Å². The van der Waals surface area contributed by atoms with Crippen LogP contribution in [0, 0.1) is 6.92 Å². The molecule has 4 rings (SSSR count). The van der Waals surface area contributed by atoms with E-state index in [0.717, 1.165) is 42.7 Å². The van der Waals surface area contributed by atoms with Gasteiger partial charge >= 0.3 is 0 Å². The molecule has 0 spiro atoms. The molecule has 0 radical (unpaired) electrons. The molecular weight excluding hydrogens is 388 g/mol. The first-order chi connectivity index (χ1) is 14.1. The summed E-state index contributed by atoms with van der Waals surface area (Å²) in [5, 5.41) is 7.72. The van der Waals surface area contributed by atoms with E-state index in [4.69, 9.17) is 16.1 Å². The summed E-state index contributed by atoms with van der Waals surface area (Å²) in [5.74, 6) is 1.51. The first kappa shape index (κ1) is 19.6. The topological polar surface area (TPSA) is 71.3 Å². The SMILES string of the molecule is Cc1c(Cl)cccc1NC(=O)CN1CCC(c2nc(-c3ccccc3)no2)CC1. The number of carbonyl (C=O) groups excluding carboxylic acids is 1. The second-order valence-electron chi connectivity index (χ2n) is 7.33. The van der Waals surface area contributed by atoms with E-state index in [9.17, 15) is 4.79 Å². The fourth-order valence-corrected chi connectivity index (χ4v) is 3.75.